The molecule has 3 fully saturated rings. The van der Waals surface area contributed by atoms with Crippen molar-refractivity contribution in [2.75, 3.05) is 85.0 Å². The molecule has 0 atom stereocenters. The van der Waals surface area contributed by atoms with Gasteiger partial charge in [0.25, 0.3) is 0 Å². The van der Waals surface area contributed by atoms with Crippen LogP contribution in [-0.2, 0) is 0 Å². The Morgan fingerprint density at radius 1 is 1.00 bits per heavy atom. The fourth-order valence-corrected chi connectivity index (χ4v) is 5.57. The number of anilines is 1. The highest BCUT2D eigenvalue weighted by atomic mass is 127. The summed E-state index contributed by atoms with van der Waals surface area (Å²) in [7, 11) is 5.92. The SMILES string of the molecule is CN=C(NCC1(N2CCCCC2)CCN(C)CC1)N1CCN(c2cccc(OC)c2)CC1.I. The molecule has 0 bridgehead atoms. The predicted molar refractivity (Wildman–Crippen MR) is 148 cm³/mol. The summed E-state index contributed by atoms with van der Waals surface area (Å²) in [6.45, 7) is 9.85. The van der Waals surface area contributed by atoms with Crippen molar-refractivity contribution in [2.24, 2.45) is 4.99 Å². The van der Waals surface area contributed by atoms with Crippen molar-refractivity contribution in [3.63, 3.8) is 0 Å². The van der Waals surface area contributed by atoms with Crippen LogP contribution in [0, 0.1) is 0 Å². The summed E-state index contributed by atoms with van der Waals surface area (Å²) in [6.07, 6.45) is 6.57. The van der Waals surface area contributed by atoms with Gasteiger partial charge in [-0.05, 0) is 71.0 Å². The number of nitrogens with zero attached hydrogens (tertiary/aromatic N) is 5. The van der Waals surface area contributed by atoms with Crippen LogP contribution in [0.2, 0.25) is 0 Å². The average molecular weight is 571 g/mol. The van der Waals surface area contributed by atoms with E-state index < -0.39 is 0 Å². The Kier molecular flexibility index (Phi) is 9.94. The molecule has 0 spiro atoms. The van der Waals surface area contributed by atoms with E-state index in [2.05, 4.69) is 55.2 Å². The second-order valence-electron chi connectivity index (χ2n) is 9.65. The van der Waals surface area contributed by atoms with E-state index in [1.54, 1.807) is 7.11 Å². The Balaban J connectivity index is 0.00000306. The van der Waals surface area contributed by atoms with Gasteiger partial charge in [-0.1, -0.05) is 12.5 Å². The highest BCUT2D eigenvalue weighted by molar-refractivity contribution is 14.0. The third kappa shape index (κ3) is 6.45. The number of likely N-dealkylation sites (tertiary alicyclic amines) is 2. The lowest BCUT2D eigenvalue weighted by Gasteiger charge is -2.50. The molecule has 1 aromatic rings. The number of piperazine rings is 1. The predicted octanol–water partition coefficient (Wildman–Crippen LogP) is 2.96. The van der Waals surface area contributed by atoms with Crippen molar-refractivity contribution in [3.05, 3.63) is 24.3 Å². The van der Waals surface area contributed by atoms with Crippen molar-refractivity contribution in [2.45, 2.75) is 37.6 Å². The maximum atomic E-state index is 5.40. The molecule has 3 aliphatic heterocycles. The number of guanidine groups is 1. The Morgan fingerprint density at radius 3 is 2.33 bits per heavy atom. The van der Waals surface area contributed by atoms with Gasteiger partial charge in [-0.3, -0.25) is 9.89 Å². The molecular weight excluding hydrogens is 527 g/mol. The molecule has 7 nitrogen and oxygen atoms in total. The van der Waals surface area contributed by atoms with Gasteiger partial charge in [-0.2, -0.15) is 0 Å². The van der Waals surface area contributed by atoms with E-state index in [0.29, 0.717) is 0 Å². The molecule has 0 saturated carbocycles. The van der Waals surface area contributed by atoms with Gasteiger partial charge in [0.15, 0.2) is 5.96 Å². The summed E-state index contributed by atoms with van der Waals surface area (Å²) in [5, 5.41) is 3.81. The lowest BCUT2D eigenvalue weighted by Crippen LogP contribution is -2.63. The van der Waals surface area contributed by atoms with Crippen LogP contribution in [0.1, 0.15) is 32.1 Å². The van der Waals surface area contributed by atoms with E-state index in [0.717, 1.165) is 44.4 Å². The molecule has 3 heterocycles. The average Bonchev–Trinajstić information content (AvgIpc) is 2.86. The standard InChI is InChI=1S/C25H42N6O.HI/c1-26-24(30-18-16-29(17-19-30)22-8-7-9-23(20-22)32-3)27-21-25(10-14-28(2)15-11-25)31-12-5-4-6-13-31;/h7-9,20H,4-6,10-19,21H2,1-3H3,(H,26,27);1H. The largest absolute Gasteiger partial charge is 0.497 e. The van der Waals surface area contributed by atoms with Gasteiger partial charge in [-0.15, -0.1) is 24.0 Å². The minimum atomic E-state index is 0. The molecule has 3 aliphatic rings. The first-order valence-corrected chi connectivity index (χ1v) is 12.4. The zero-order valence-electron chi connectivity index (χ0n) is 20.8. The summed E-state index contributed by atoms with van der Waals surface area (Å²) in [4.78, 5) is 14.8. The lowest BCUT2D eigenvalue weighted by atomic mass is 9.84. The maximum absolute atomic E-state index is 5.40. The van der Waals surface area contributed by atoms with Gasteiger partial charge in [0.1, 0.15) is 5.75 Å². The number of piperidine rings is 2. The smallest absolute Gasteiger partial charge is 0.193 e. The van der Waals surface area contributed by atoms with Crippen molar-refractivity contribution in [3.8, 4) is 5.75 Å². The number of ether oxygens (including phenoxy) is 1. The molecule has 3 saturated heterocycles. The van der Waals surface area contributed by atoms with Crippen LogP contribution in [0.15, 0.2) is 29.3 Å². The Hall–Kier alpha value is -1.26. The number of halogens is 1. The van der Waals surface area contributed by atoms with Crippen LogP contribution in [0.25, 0.3) is 0 Å². The monoisotopic (exact) mass is 570 g/mol. The summed E-state index contributed by atoms with van der Waals surface area (Å²) in [6, 6.07) is 8.38. The number of hydrogen-bond donors (Lipinski definition) is 1. The van der Waals surface area contributed by atoms with Crippen molar-refractivity contribution in [1.29, 1.82) is 0 Å². The van der Waals surface area contributed by atoms with Crippen LogP contribution in [-0.4, -0.2) is 106 Å². The van der Waals surface area contributed by atoms with Gasteiger partial charge in [0, 0.05) is 57.1 Å². The topological polar surface area (TPSA) is 46.6 Å². The summed E-state index contributed by atoms with van der Waals surface area (Å²) >= 11 is 0. The van der Waals surface area contributed by atoms with E-state index in [-0.39, 0.29) is 29.5 Å². The number of methoxy groups -OCH3 is 1. The van der Waals surface area contributed by atoms with E-state index >= 15 is 0 Å². The van der Waals surface area contributed by atoms with Crippen molar-refractivity contribution in [1.82, 2.24) is 20.0 Å². The van der Waals surface area contributed by atoms with Crippen LogP contribution < -0.4 is 15.0 Å². The molecule has 0 aliphatic carbocycles. The molecule has 0 radical (unpaired) electrons. The Bertz CT molecular complexity index is 753. The molecule has 1 aromatic carbocycles. The normalized spacial score (nSPS) is 22.6. The third-order valence-electron chi connectivity index (χ3n) is 7.73. The molecule has 186 valence electrons. The molecule has 8 heteroatoms. The summed E-state index contributed by atoms with van der Waals surface area (Å²) in [5.74, 6) is 1.98. The number of rotatable bonds is 5. The number of benzene rings is 1. The second-order valence-corrected chi connectivity index (χ2v) is 9.65. The zero-order chi connectivity index (χ0) is 22.4. The minimum absolute atomic E-state index is 0. The first kappa shape index (κ1) is 26.3. The van der Waals surface area contributed by atoms with Crippen LogP contribution >= 0.6 is 24.0 Å². The molecule has 4 rings (SSSR count). The molecule has 0 aromatic heterocycles. The molecule has 0 amide bonds. The van der Waals surface area contributed by atoms with Crippen molar-refractivity contribution >= 4 is 35.6 Å². The molecular formula is C25H43IN6O. The van der Waals surface area contributed by atoms with Crippen LogP contribution in [0.5, 0.6) is 5.75 Å². The maximum Gasteiger partial charge on any atom is 0.193 e. The molecule has 0 unspecified atom stereocenters. The lowest BCUT2D eigenvalue weighted by molar-refractivity contribution is 0.0169. The first-order chi connectivity index (χ1) is 15.6. The van der Waals surface area contributed by atoms with Gasteiger partial charge in [0.05, 0.1) is 7.11 Å². The fraction of sp³-hybridized carbons (Fsp3) is 0.720. The van der Waals surface area contributed by atoms with Gasteiger partial charge in [-0.25, -0.2) is 0 Å². The van der Waals surface area contributed by atoms with E-state index in [1.807, 2.05) is 13.1 Å². The number of hydrogen-bond acceptors (Lipinski definition) is 5. The zero-order valence-corrected chi connectivity index (χ0v) is 23.1. The fourth-order valence-electron chi connectivity index (χ4n) is 5.57. The van der Waals surface area contributed by atoms with Gasteiger partial charge >= 0.3 is 0 Å². The highest BCUT2D eigenvalue weighted by Crippen LogP contribution is 2.31. The second kappa shape index (κ2) is 12.4. The van der Waals surface area contributed by atoms with Crippen molar-refractivity contribution < 1.29 is 4.74 Å². The third-order valence-corrected chi connectivity index (χ3v) is 7.73. The summed E-state index contributed by atoms with van der Waals surface area (Å²) < 4.78 is 5.40. The van der Waals surface area contributed by atoms with Gasteiger partial charge < -0.3 is 24.8 Å². The van der Waals surface area contributed by atoms with E-state index in [1.165, 1.54) is 64.0 Å². The van der Waals surface area contributed by atoms with Gasteiger partial charge in [0.2, 0.25) is 0 Å². The molecule has 1 N–H and O–H groups in total. The molecule has 33 heavy (non-hydrogen) atoms. The first-order valence-electron chi connectivity index (χ1n) is 12.4. The van der Waals surface area contributed by atoms with Crippen LogP contribution in [0.3, 0.4) is 0 Å². The number of nitrogens with one attached hydrogen (secondary N) is 1. The van der Waals surface area contributed by atoms with E-state index in [9.17, 15) is 0 Å². The number of aliphatic imine (C=N–C) groups is 1. The Morgan fingerprint density at radius 2 is 1.70 bits per heavy atom. The Labute approximate surface area is 217 Å². The van der Waals surface area contributed by atoms with Crippen LogP contribution in [0.4, 0.5) is 5.69 Å². The van der Waals surface area contributed by atoms with E-state index in [4.69, 9.17) is 4.74 Å². The highest BCUT2D eigenvalue weighted by Gasteiger charge is 2.40. The minimum Gasteiger partial charge on any atom is -0.497 e. The summed E-state index contributed by atoms with van der Waals surface area (Å²) in [5.41, 5.74) is 1.51. The quantitative estimate of drug-likeness (QED) is 0.334.